The van der Waals surface area contributed by atoms with Gasteiger partial charge >= 0.3 is 0 Å². The maximum atomic E-state index is 10.2. The SMILES string of the molecule is COc1cc2c(cc1O[C@H](C)c1c(Cl)cncc1Cl)c(-c1cnc(N3CC4(COCCN4)C3)c(C#N)c1)nn2C1CCCCO1. The monoisotopic (exact) mass is 649 g/mol. The predicted octanol–water partition coefficient (Wildman–Crippen LogP) is 5.70. The molecule has 7 rings (SSSR count). The Balaban J connectivity index is 1.29. The predicted molar refractivity (Wildman–Crippen MR) is 170 cm³/mol. The Hall–Kier alpha value is -3.66. The number of benzene rings is 1. The molecule has 0 bridgehead atoms. The quantitative estimate of drug-likeness (QED) is 0.267. The normalized spacial score (nSPS) is 20.1. The van der Waals surface area contributed by atoms with Crippen LogP contribution in [0.2, 0.25) is 10.0 Å². The lowest BCUT2D eigenvalue weighted by Crippen LogP contribution is -2.74. The lowest BCUT2D eigenvalue weighted by atomic mass is 9.89. The van der Waals surface area contributed by atoms with Crippen LogP contribution in [0, 0.1) is 11.3 Å². The topological polar surface area (TPSA) is 120 Å². The van der Waals surface area contributed by atoms with Gasteiger partial charge in [0.05, 0.1) is 47.0 Å². The third-order valence-electron chi connectivity index (χ3n) is 8.69. The summed E-state index contributed by atoms with van der Waals surface area (Å²) in [5, 5.41) is 20.4. The number of fused-ring (bicyclic) bond motifs is 1. The first kappa shape index (κ1) is 30.0. The van der Waals surface area contributed by atoms with Crippen molar-refractivity contribution < 1.29 is 18.9 Å². The van der Waals surface area contributed by atoms with E-state index in [1.807, 2.05) is 29.8 Å². The molecule has 3 saturated heterocycles. The molecule has 6 heterocycles. The van der Waals surface area contributed by atoms with Crippen molar-refractivity contribution in [3.8, 4) is 28.8 Å². The fraction of sp³-hybridized carbons (Fsp3) is 0.438. The van der Waals surface area contributed by atoms with Crippen molar-refractivity contribution in [1.29, 1.82) is 5.26 Å². The smallest absolute Gasteiger partial charge is 0.162 e. The number of ether oxygens (including phenoxy) is 4. The van der Waals surface area contributed by atoms with E-state index in [0.717, 1.165) is 49.8 Å². The van der Waals surface area contributed by atoms with E-state index >= 15 is 0 Å². The Morgan fingerprint density at radius 2 is 1.93 bits per heavy atom. The molecule has 0 amide bonds. The van der Waals surface area contributed by atoms with Crippen LogP contribution in [0.3, 0.4) is 0 Å². The minimum Gasteiger partial charge on any atom is -0.493 e. The maximum absolute atomic E-state index is 10.2. The first-order valence-electron chi connectivity index (χ1n) is 15.1. The van der Waals surface area contributed by atoms with Gasteiger partial charge in [-0.25, -0.2) is 9.67 Å². The summed E-state index contributed by atoms with van der Waals surface area (Å²) in [4.78, 5) is 11.0. The van der Waals surface area contributed by atoms with Crippen LogP contribution < -0.4 is 19.7 Å². The standard InChI is InChI=1S/C32H33Cl2N7O4/c1-19(29-23(33)14-36-15-24(29)34)45-27-10-22-25(11-26(27)42-2)41(28-5-3-4-7-44-28)39-30(22)21-9-20(12-35)31(37-13-21)40-16-32(17-40)18-43-8-6-38-32/h9-11,13-15,19,28,38H,3-8,16-18H2,1-2H3/t19-,28?/m1/s1. The van der Waals surface area contributed by atoms with Crippen molar-refractivity contribution in [2.75, 3.05) is 51.5 Å². The summed E-state index contributed by atoms with van der Waals surface area (Å²) in [6, 6.07) is 8.03. The molecule has 1 spiro atoms. The van der Waals surface area contributed by atoms with Gasteiger partial charge in [0.1, 0.15) is 23.7 Å². The largest absolute Gasteiger partial charge is 0.493 e. The van der Waals surface area contributed by atoms with E-state index in [1.54, 1.807) is 13.3 Å². The number of methoxy groups -OCH3 is 1. The molecule has 4 aromatic rings. The van der Waals surface area contributed by atoms with Gasteiger partial charge in [-0.15, -0.1) is 0 Å². The molecule has 3 aliphatic rings. The van der Waals surface area contributed by atoms with Gasteiger partial charge in [0.15, 0.2) is 17.7 Å². The molecule has 0 radical (unpaired) electrons. The number of hydrogen-bond donors (Lipinski definition) is 1. The highest BCUT2D eigenvalue weighted by molar-refractivity contribution is 6.35. The summed E-state index contributed by atoms with van der Waals surface area (Å²) >= 11 is 12.9. The van der Waals surface area contributed by atoms with Crippen LogP contribution in [0.25, 0.3) is 22.2 Å². The Kier molecular flexibility index (Phi) is 8.18. The molecule has 45 heavy (non-hydrogen) atoms. The van der Waals surface area contributed by atoms with Crippen LogP contribution in [0.4, 0.5) is 5.82 Å². The summed E-state index contributed by atoms with van der Waals surface area (Å²) in [6.45, 7) is 6.19. The van der Waals surface area contributed by atoms with Crippen LogP contribution >= 0.6 is 23.2 Å². The first-order valence-corrected chi connectivity index (χ1v) is 15.8. The van der Waals surface area contributed by atoms with E-state index < -0.39 is 6.10 Å². The summed E-state index contributed by atoms with van der Waals surface area (Å²) in [5.74, 6) is 1.67. The molecule has 0 aliphatic carbocycles. The number of nitriles is 1. The summed E-state index contributed by atoms with van der Waals surface area (Å²) in [7, 11) is 1.60. The van der Waals surface area contributed by atoms with Gasteiger partial charge in [-0.1, -0.05) is 23.2 Å². The van der Waals surface area contributed by atoms with Gasteiger partial charge in [0.2, 0.25) is 0 Å². The van der Waals surface area contributed by atoms with Crippen molar-refractivity contribution in [3.05, 3.63) is 58.0 Å². The van der Waals surface area contributed by atoms with Crippen LogP contribution in [0.5, 0.6) is 11.5 Å². The van der Waals surface area contributed by atoms with Crippen molar-refractivity contribution in [1.82, 2.24) is 25.1 Å². The van der Waals surface area contributed by atoms with Gasteiger partial charge in [-0.3, -0.25) is 4.98 Å². The zero-order valence-corrected chi connectivity index (χ0v) is 26.6. The molecule has 1 aromatic carbocycles. The fourth-order valence-corrected chi connectivity index (χ4v) is 7.14. The van der Waals surface area contributed by atoms with Gasteiger partial charge in [0, 0.05) is 67.4 Å². The maximum Gasteiger partial charge on any atom is 0.162 e. The van der Waals surface area contributed by atoms with Crippen LogP contribution in [-0.4, -0.2) is 71.9 Å². The van der Waals surface area contributed by atoms with E-state index in [-0.39, 0.29) is 11.8 Å². The summed E-state index contributed by atoms with van der Waals surface area (Å²) in [5.41, 5.74) is 3.23. The number of halogens is 2. The van der Waals surface area contributed by atoms with Crippen LogP contribution in [0.15, 0.2) is 36.8 Å². The second-order valence-electron chi connectivity index (χ2n) is 11.7. The van der Waals surface area contributed by atoms with E-state index in [1.165, 1.54) is 12.4 Å². The molecule has 0 saturated carbocycles. The zero-order chi connectivity index (χ0) is 31.1. The number of anilines is 1. The molecule has 1 unspecified atom stereocenters. The lowest BCUT2D eigenvalue weighted by molar-refractivity contribution is -0.0365. The number of nitrogens with one attached hydrogen (secondary N) is 1. The first-order chi connectivity index (χ1) is 21.9. The molecule has 11 nitrogen and oxygen atoms in total. The third kappa shape index (κ3) is 5.55. The average molecular weight is 651 g/mol. The number of aromatic nitrogens is 4. The van der Waals surface area contributed by atoms with E-state index in [2.05, 4.69) is 21.3 Å². The molecule has 2 atom stereocenters. The Bertz CT molecular complexity index is 1750. The van der Waals surface area contributed by atoms with Gasteiger partial charge in [-0.05, 0) is 38.3 Å². The number of morpholine rings is 1. The Labute approximate surface area is 270 Å². The molecular weight excluding hydrogens is 617 g/mol. The highest BCUT2D eigenvalue weighted by Crippen LogP contribution is 2.42. The number of nitrogens with zero attached hydrogens (tertiary/aromatic N) is 6. The van der Waals surface area contributed by atoms with E-state index in [4.69, 9.17) is 52.2 Å². The second-order valence-corrected chi connectivity index (χ2v) is 12.5. The second kappa shape index (κ2) is 12.3. The molecule has 234 valence electrons. The van der Waals surface area contributed by atoms with Gasteiger partial charge < -0.3 is 29.2 Å². The van der Waals surface area contributed by atoms with Crippen molar-refractivity contribution in [3.63, 3.8) is 0 Å². The van der Waals surface area contributed by atoms with Crippen molar-refractivity contribution >= 4 is 39.9 Å². The fourth-order valence-electron chi connectivity index (χ4n) is 6.47. The van der Waals surface area contributed by atoms with Crippen LogP contribution in [0.1, 0.15) is 49.6 Å². The lowest BCUT2D eigenvalue weighted by Gasteiger charge is -2.52. The van der Waals surface area contributed by atoms with Gasteiger partial charge in [-0.2, -0.15) is 10.4 Å². The average Bonchev–Trinajstić information content (AvgIpc) is 3.42. The molecule has 3 aromatic heterocycles. The Morgan fingerprint density at radius 3 is 2.62 bits per heavy atom. The molecule has 13 heteroatoms. The third-order valence-corrected chi connectivity index (χ3v) is 9.29. The molecule has 3 aliphatic heterocycles. The minimum atomic E-state index is -0.505. The van der Waals surface area contributed by atoms with Crippen LogP contribution in [-0.2, 0) is 9.47 Å². The molecular formula is C32H33Cl2N7O4. The molecule has 1 N–H and O–H groups in total. The number of hydrogen-bond acceptors (Lipinski definition) is 10. The van der Waals surface area contributed by atoms with Crippen molar-refractivity contribution in [2.45, 2.75) is 44.1 Å². The minimum absolute atomic E-state index is 0.0857. The highest BCUT2D eigenvalue weighted by Gasteiger charge is 2.45. The van der Waals surface area contributed by atoms with E-state index in [0.29, 0.717) is 69.6 Å². The summed E-state index contributed by atoms with van der Waals surface area (Å²) in [6.07, 6.45) is 7.01. The van der Waals surface area contributed by atoms with Crippen molar-refractivity contribution in [2.24, 2.45) is 0 Å². The number of rotatable bonds is 7. The molecule has 3 fully saturated rings. The summed E-state index contributed by atoms with van der Waals surface area (Å²) < 4.78 is 26.0. The van der Waals surface area contributed by atoms with Gasteiger partial charge in [0.25, 0.3) is 0 Å². The highest BCUT2D eigenvalue weighted by atomic mass is 35.5. The zero-order valence-electron chi connectivity index (χ0n) is 25.1. The Morgan fingerprint density at radius 1 is 1.11 bits per heavy atom. The number of pyridine rings is 2. The van der Waals surface area contributed by atoms with E-state index in [9.17, 15) is 5.26 Å².